The lowest BCUT2D eigenvalue weighted by atomic mass is 10.1. The van der Waals surface area contributed by atoms with Gasteiger partial charge >= 0.3 is 0 Å². The van der Waals surface area contributed by atoms with E-state index in [9.17, 15) is 0 Å². The number of aromatic nitrogens is 2. The SMILES string of the molecule is Cc1nc2ccc(CN(C)CC3CCCN3)cc2[nH]1. The molecule has 4 heteroatoms. The summed E-state index contributed by atoms with van der Waals surface area (Å²) in [5, 5.41) is 3.55. The minimum absolute atomic E-state index is 0.670. The first-order valence-electron chi connectivity index (χ1n) is 7.08. The summed E-state index contributed by atoms with van der Waals surface area (Å²) in [5.41, 5.74) is 3.54. The van der Waals surface area contributed by atoms with E-state index in [1.807, 2.05) is 6.92 Å². The molecular formula is C15H22N4. The molecule has 19 heavy (non-hydrogen) atoms. The maximum atomic E-state index is 4.44. The van der Waals surface area contributed by atoms with Crippen molar-refractivity contribution < 1.29 is 0 Å². The third-order valence-electron chi connectivity index (χ3n) is 3.81. The third-order valence-corrected chi connectivity index (χ3v) is 3.81. The van der Waals surface area contributed by atoms with Gasteiger partial charge in [0, 0.05) is 19.1 Å². The van der Waals surface area contributed by atoms with Crippen molar-refractivity contribution >= 4 is 11.0 Å². The van der Waals surface area contributed by atoms with Crippen LogP contribution in [0.25, 0.3) is 11.0 Å². The molecule has 1 unspecified atom stereocenters. The predicted molar refractivity (Wildman–Crippen MR) is 78.2 cm³/mol. The highest BCUT2D eigenvalue weighted by Crippen LogP contribution is 2.15. The Morgan fingerprint density at radius 1 is 1.42 bits per heavy atom. The maximum absolute atomic E-state index is 4.44. The summed E-state index contributed by atoms with van der Waals surface area (Å²) >= 11 is 0. The van der Waals surface area contributed by atoms with Crippen LogP contribution in [0, 0.1) is 6.92 Å². The monoisotopic (exact) mass is 258 g/mol. The van der Waals surface area contributed by atoms with Crippen molar-refractivity contribution in [3.63, 3.8) is 0 Å². The van der Waals surface area contributed by atoms with E-state index in [1.54, 1.807) is 0 Å². The first-order chi connectivity index (χ1) is 9.20. The Kier molecular flexibility index (Phi) is 3.53. The summed E-state index contributed by atoms with van der Waals surface area (Å²) < 4.78 is 0. The second-order valence-electron chi connectivity index (χ2n) is 5.66. The summed E-state index contributed by atoms with van der Waals surface area (Å²) in [6.45, 7) is 5.29. The smallest absolute Gasteiger partial charge is 0.104 e. The number of imidazole rings is 1. The fourth-order valence-corrected chi connectivity index (χ4v) is 2.95. The fraction of sp³-hybridized carbons (Fsp3) is 0.533. The van der Waals surface area contributed by atoms with Crippen molar-refractivity contribution in [3.05, 3.63) is 29.6 Å². The number of H-pyrrole nitrogens is 1. The van der Waals surface area contributed by atoms with Crippen molar-refractivity contribution in [3.8, 4) is 0 Å². The van der Waals surface area contributed by atoms with Crippen LogP contribution in [0.2, 0.25) is 0 Å². The summed E-state index contributed by atoms with van der Waals surface area (Å²) in [5.74, 6) is 0.982. The van der Waals surface area contributed by atoms with Gasteiger partial charge in [-0.25, -0.2) is 4.98 Å². The quantitative estimate of drug-likeness (QED) is 0.882. The molecule has 4 nitrogen and oxygen atoms in total. The van der Waals surface area contributed by atoms with Crippen LogP contribution in [0.3, 0.4) is 0 Å². The predicted octanol–water partition coefficient (Wildman–Crippen LogP) is 2.06. The highest BCUT2D eigenvalue weighted by Gasteiger charge is 2.15. The van der Waals surface area contributed by atoms with Gasteiger partial charge in [0.05, 0.1) is 11.0 Å². The molecule has 2 aromatic rings. The van der Waals surface area contributed by atoms with Crippen molar-refractivity contribution in [1.82, 2.24) is 20.2 Å². The molecule has 0 saturated carbocycles. The Bertz CT molecular complexity index is 554. The van der Waals surface area contributed by atoms with E-state index in [0.717, 1.165) is 29.9 Å². The summed E-state index contributed by atoms with van der Waals surface area (Å²) in [6, 6.07) is 7.17. The molecule has 1 aliphatic rings. The lowest BCUT2D eigenvalue weighted by Gasteiger charge is -2.21. The fourth-order valence-electron chi connectivity index (χ4n) is 2.95. The van der Waals surface area contributed by atoms with Gasteiger partial charge in [-0.05, 0) is 51.1 Å². The number of nitrogens with zero attached hydrogens (tertiary/aromatic N) is 2. The van der Waals surface area contributed by atoms with Gasteiger partial charge in [0.1, 0.15) is 5.82 Å². The topological polar surface area (TPSA) is 44.0 Å². The molecule has 1 aliphatic heterocycles. The number of nitrogens with one attached hydrogen (secondary N) is 2. The Morgan fingerprint density at radius 3 is 3.11 bits per heavy atom. The molecule has 1 fully saturated rings. The highest BCUT2D eigenvalue weighted by molar-refractivity contribution is 5.75. The van der Waals surface area contributed by atoms with Gasteiger partial charge in [-0.15, -0.1) is 0 Å². The largest absolute Gasteiger partial charge is 0.342 e. The van der Waals surface area contributed by atoms with Gasteiger partial charge in [0.2, 0.25) is 0 Å². The van der Waals surface area contributed by atoms with E-state index in [2.05, 4.69) is 45.4 Å². The number of likely N-dealkylation sites (N-methyl/N-ethyl adjacent to an activating group) is 1. The number of hydrogen-bond donors (Lipinski definition) is 2. The van der Waals surface area contributed by atoms with Gasteiger partial charge in [-0.2, -0.15) is 0 Å². The second-order valence-corrected chi connectivity index (χ2v) is 5.66. The summed E-state index contributed by atoms with van der Waals surface area (Å²) in [4.78, 5) is 10.1. The van der Waals surface area contributed by atoms with Crippen molar-refractivity contribution in [2.75, 3.05) is 20.1 Å². The zero-order valence-corrected chi connectivity index (χ0v) is 11.7. The first kappa shape index (κ1) is 12.6. The van der Waals surface area contributed by atoms with Crippen LogP contribution in [0.5, 0.6) is 0 Å². The van der Waals surface area contributed by atoms with E-state index in [0.29, 0.717) is 6.04 Å². The summed E-state index contributed by atoms with van der Waals surface area (Å²) in [7, 11) is 2.20. The average Bonchev–Trinajstić information content (AvgIpc) is 2.96. The van der Waals surface area contributed by atoms with Crippen LogP contribution in [-0.2, 0) is 6.54 Å². The molecule has 1 atom stereocenters. The van der Waals surface area contributed by atoms with E-state index in [-0.39, 0.29) is 0 Å². The minimum Gasteiger partial charge on any atom is -0.342 e. The molecule has 102 valence electrons. The zero-order chi connectivity index (χ0) is 13.2. The molecule has 1 aromatic carbocycles. The normalized spacial score (nSPS) is 19.6. The van der Waals surface area contributed by atoms with Gasteiger partial charge in [0.15, 0.2) is 0 Å². The molecule has 1 saturated heterocycles. The van der Waals surface area contributed by atoms with Crippen LogP contribution in [0.1, 0.15) is 24.2 Å². The molecule has 2 N–H and O–H groups in total. The van der Waals surface area contributed by atoms with Crippen LogP contribution in [0.4, 0.5) is 0 Å². The standard InChI is InChI=1S/C15H22N4/c1-11-17-14-6-5-12(8-15(14)18-11)9-19(2)10-13-4-3-7-16-13/h5-6,8,13,16H,3-4,7,9-10H2,1-2H3,(H,17,18). The number of rotatable bonds is 4. The Labute approximate surface area is 114 Å². The highest BCUT2D eigenvalue weighted by atomic mass is 15.1. The van der Waals surface area contributed by atoms with Gasteiger partial charge in [-0.3, -0.25) is 0 Å². The van der Waals surface area contributed by atoms with Gasteiger partial charge < -0.3 is 15.2 Å². The zero-order valence-electron chi connectivity index (χ0n) is 11.7. The molecule has 0 radical (unpaired) electrons. The van der Waals surface area contributed by atoms with Crippen LogP contribution >= 0.6 is 0 Å². The van der Waals surface area contributed by atoms with Gasteiger partial charge in [0.25, 0.3) is 0 Å². The molecule has 0 aliphatic carbocycles. The van der Waals surface area contributed by atoms with Gasteiger partial charge in [-0.1, -0.05) is 6.07 Å². The number of aromatic amines is 1. The number of hydrogen-bond acceptors (Lipinski definition) is 3. The summed E-state index contributed by atoms with van der Waals surface area (Å²) in [6.07, 6.45) is 2.63. The lowest BCUT2D eigenvalue weighted by Crippen LogP contribution is -2.34. The average molecular weight is 258 g/mol. The van der Waals surface area contributed by atoms with Crippen LogP contribution in [0.15, 0.2) is 18.2 Å². The Balaban J connectivity index is 1.66. The van der Waals surface area contributed by atoms with E-state index >= 15 is 0 Å². The number of fused-ring (bicyclic) bond motifs is 1. The molecule has 2 heterocycles. The number of aryl methyl sites for hydroxylation is 1. The van der Waals surface area contributed by atoms with Crippen LogP contribution < -0.4 is 5.32 Å². The molecule has 0 bridgehead atoms. The molecule has 1 aromatic heterocycles. The molecule has 3 rings (SSSR count). The molecule has 0 spiro atoms. The van der Waals surface area contributed by atoms with E-state index in [1.165, 1.54) is 24.9 Å². The van der Waals surface area contributed by atoms with E-state index in [4.69, 9.17) is 0 Å². The second kappa shape index (κ2) is 5.31. The number of benzene rings is 1. The first-order valence-corrected chi connectivity index (χ1v) is 7.08. The van der Waals surface area contributed by atoms with Crippen molar-refractivity contribution in [2.45, 2.75) is 32.4 Å². The third kappa shape index (κ3) is 2.96. The maximum Gasteiger partial charge on any atom is 0.104 e. The van der Waals surface area contributed by atoms with Crippen molar-refractivity contribution in [1.29, 1.82) is 0 Å². The van der Waals surface area contributed by atoms with Crippen molar-refractivity contribution in [2.24, 2.45) is 0 Å². The Morgan fingerprint density at radius 2 is 2.32 bits per heavy atom. The lowest BCUT2D eigenvalue weighted by molar-refractivity contribution is 0.293. The van der Waals surface area contributed by atoms with Crippen LogP contribution in [-0.4, -0.2) is 41.0 Å². The van der Waals surface area contributed by atoms with E-state index < -0.39 is 0 Å². The Hall–Kier alpha value is -1.39. The molecule has 0 amide bonds. The minimum atomic E-state index is 0.670. The molecular weight excluding hydrogens is 236 g/mol.